The van der Waals surface area contributed by atoms with E-state index in [1.54, 1.807) is 22.0 Å². The number of hydrogen-bond donors (Lipinski definition) is 3. The molecule has 0 aliphatic carbocycles. The van der Waals surface area contributed by atoms with Crippen LogP contribution in [0.25, 0.3) is 11.1 Å². The van der Waals surface area contributed by atoms with E-state index in [0.717, 1.165) is 52.8 Å². The maximum absolute atomic E-state index is 14.5. The number of fused-ring (bicyclic) bond motifs is 1. The van der Waals surface area contributed by atoms with Gasteiger partial charge in [-0.3, -0.25) is 9.69 Å². The summed E-state index contributed by atoms with van der Waals surface area (Å²) in [7, 11) is 0. The molecular formula is C43H45N5O3. The molecule has 3 amide bonds. The van der Waals surface area contributed by atoms with E-state index >= 15 is 0 Å². The molecule has 4 N–H and O–H groups in total. The lowest BCUT2D eigenvalue weighted by Crippen LogP contribution is -2.40. The number of nitrogens with one attached hydrogen (secondary N) is 1. The molecule has 51 heavy (non-hydrogen) atoms. The highest BCUT2D eigenvalue weighted by Crippen LogP contribution is 2.32. The second-order valence-corrected chi connectivity index (χ2v) is 12.8. The smallest absolute Gasteiger partial charge is 0.345 e. The lowest BCUT2D eigenvalue weighted by atomic mass is 9.98. The lowest BCUT2D eigenvalue weighted by Gasteiger charge is -2.27. The van der Waals surface area contributed by atoms with Gasteiger partial charge >= 0.3 is 6.03 Å². The molecule has 0 fully saturated rings. The van der Waals surface area contributed by atoms with Gasteiger partial charge in [-0.05, 0) is 97.2 Å². The molecule has 260 valence electrons. The molecule has 0 atom stereocenters. The minimum absolute atomic E-state index is 0.183. The minimum atomic E-state index is -0.250. The molecule has 8 heteroatoms. The topological polar surface area (TPSA) is 111 Å². The summed E-state index contributed by atoms with van der Waals surface area (Å²) in [5, 5.41) is 19.4. The Balaban J connectivity index is 1.31. The van der Waals surface area contributed by atoms with Gasteiger partial charge in [-0.25, -0.2) is 9.80 Å². The normalized spacial score (nSPS) is 12.6. The predicted molar refractivity (Wildman–Crippen MR) is 205 cm³/mol. The van der Waals surface area contributed by atoms with Crippen molar-refractivity contribution < 1.29 is 14.7 Å². The highest BCUT2D eigenvalue weighted by molar-refractivity contribution is 6.12. The van der Waals surface area contributed by atoms with Gasteiger partial charge in [-0.1, -0.05) is 103 Å². The summed E-state index contributed by atoms with van der Waals surface area (Å²) < 4.78 is 0. The number of anilines is 1. The Bertz CT molecular complexity index is 1930. The molecule has 0 spiro atoms. The quantitative estimate of drug-likeness (QED) is 0.0976. The summed E-state index contributed by atoms with van der Waals surface area (Å²) in [6.07, 6.45) is 4.39. The number of unbranched alkanes of at least 4 members (excludes halogenated alkanes) is 1. The lowest BCUT2D eigenvalue weighted by molar-refractivity contribution is 0.0953. The van der Waals surface area contributed by atoms with Crippen molar-refractivity contribution in [3.63, 3.8) is 0 Å². The molecule has 1 aliphatic rings. The van der Waals surface area contributed by atoms with Gasteiger partial charge in [-0.15, -0.1) is 0 Å². The largest absolute Gasteiger partial charge is 0.508 e. The number of urea groups is 1. The third-order valence-corrected chi connectivity index (χ3v) is 9.14. The van der Waals surface area contributed by atoms with Crippen molar-refractivity contribution in [3.05, 3.63) is 155 Å². The molecule has 1 aliphatic heterocycles. The maximum atomic E-state index is 14.5. The van der Waals surface area contributed by atoms with Crippen LogP contribution in [-0.4, -0.2) is 47.4 Å². The van der Waals surface area contributed by atoms with Gasteiger partial charge in [0.25, 0.3) is 5.91 Å². The Kier molecular flexibility index (Phi) is 11.9. The van der Waals surface area contributed by atoms with Crippen LogP contribution < -0.4 is 16.0 Å². The Hall–Kier alpha value is -5.73. The number of aryl methyl sites for hydroxylation is 2. The Morgan fingerprint density at radius 3 is 2.10 bits per heavy atom. The molecule has 5 aromatic carbocycles. The number of phenolic OH excluding ortho intramolecular Hbond substituents is 1. The number of phenols is 1. The van der Waals surface area contributed by atoms with E-state index in [-0.39, 0.29) is 17.7 Å². The van der Waals surface area contributed by atoms with Crippen molar-refractivity contribution in [2.24, 2.45) is 10.8 Å². The number of aromatic hydroxyl groups is 1. The van der Waals surface area contributed by atoms with Crippen molar-refractivity contribution in [3.8, 4) is 16.9 Å². The fourth-order valence-corrected chi connectivity index (χ4v) is 6.30. The van der Waals surface area contributed by atoms with Crippen LogP contribution in [0.15, 0.2) is 132 Å². The number of nitrogens with two attached hydrogens (primary N) is 1. The standard InChI is InChI=1S/C43H45N5O3/c44-27-7-8-29-48-43(51)47(31-34-15-20-36(21-16-34)35-13-5-2-6-14-35)41-30-37(42(50)45-28-9-12-32-10-3-1-4-11-32)22-25-39(41)40(46-48)26-19-33-17-23-38(49)24-18-33/h1-6,10-11,13-18,20-25,30,49H,7-9,12,19,26-29,31,44H2,(H,45,50). The van der Waals surface area contributed by atoms with E-state index in [1.165, 1.54) is 5.56 Å². The van der Waals surface area contributed by atoms with Crippen LogP contribution in [0, 0.1) is 0 Å². The Labute approximate surface area is 300 Å². The Morgan fingerprint density at radius 1 is 0.706 bits per heavy atom. The summed E-state index contributed by atoms with van der Waals surface area (Å²) in [5.41, 5.74) is 14.0. The molecule has 8 nitrogen and oxygen atoms in total. The minimum Gasteiger partial charge on any atom is -0.508 e. The average Bonchev–Trinajstić information content (AvgIpc) is 3.27. The van der Waals surface area contributed by atoms with E-state index in [4.69, 9.17) is 10.8 Å². The summed E-state index contributed by atoms with van der Waals surface area (Å²) in [6, 6.07) is 41.2. The van der Waals surface area contributed by atoms with E-state index in [0.29, 0.717) is 56.7 Å². The number of hydrazone groups is 1. The first-order chi connectivity index (χ1) is 25.0. The van der Waals surface area contributed by atoms with Crippen molar-refractivity contribution in [1.29, 1.82) is 0 Å². The molecule has 0 unspecified atom stereocenters. The van der Waals surface area contributed by atoms with E-state index in [2.05, 4.69) is 53.8 Å². The van der Waals surface area contributed by atoms with Gasteiger partial charge in [0.15, 0.2) is 0 Å². The van der Waals surface area contributed by atoms with E-state index < -0.39 is 0 Å². The van der Waals surface area contributed by atoms with E-state index in [9.17, 15) is 14.7 Å². The van der Waals surface area contributed by atoms with Gasteiger partial charge in [0.2, 0.25) is 0 Å². The SMILES string of the molecule is NCCCCN1N=C(CCc2ccc(O)cc2)c2ccc(C(=O)NCCCc3ccccc3)cc2N(Cc2ccc(-c3ccccc3)cc2)C1=O. The number of hydrogen-bond acceptors (Lipinski definition) is 5. The third kappa shape index (κ3) is 9.29. The van der Waals surface area contributed by atoms with Gasteiger partial charge in [0.05, 0.1) is 17.9 Å². The van der Waals surface area contributed by atoms with Crippen LogP contribution in [0.3, 0.4) is 0 Å². The third-order valence-electron chi connectivity index (χ3n) is 9.14. The average molecular weight is 680 g/mol. The molecule has 0 saturated heterocycles. The molecule has 0 bridgehead atoms. The first kappa shape index (κ1) is 35.1. The van der Waals surface area contributed by atoms with Crippen LogP contribution in [-0.2, 0) is 19.4 Å². The summed E-state index contributed by atoms with van der Waals surface area (Å²) in [4.78, 5) is 29.7. The van der Waals surface area contributed by atoms with Crippen molar-refractivity contribution in [2.45, 2.75) is 45.1 Å². The summed E-state index contributed by atoms with van der Waals surface area (Å²) in [6.45, 7) is 1.79. The molecule has 0 aromatic heterocycles. The van der Waals surface area contributed by atoms with Gasteiger partial charge in [-0.2, -0.15) is 5.10 Å². The summed E-state index contributed by atoms with van der Waals surface area (Å²) in [5.74, 6) is 0.0306. The zero-order valence-corrected chi connectivity index (χ0v) is 28.9. The van der Waals surface area contributed by atoms with Crippen LogP contribution in [0.1, 0.15) is 58.3 Å². The fraction of sp³-hybridized carbons (Fsp3) is 0.233. The molecular weight excluding hydrogens is 635 g/mol. The molecule has 6 rings (SSSR count). The Morgan fingerprint density at radius 2 is 1.37 bits per heavy atom. The zero-order valence-electron chi connectivity index (χ0n) is 28.9. The van der Waals surface area contributed by atoms with Crippen molar-refractivity contribution in [1.82, 2.24) is 10.3 Å². The van der Waals surface area contributed by atoms with Crippen molar-refractivity contribution >= 4 is 23.3 Å². The number of rotatable bonds is 15. The number of carbonyl (C=O) groups is 2. The molecule has 1 heterocycles. The second-order valence-electron chi connectivity index (χ2n) is 12.8. The predicted octanol–water partition coefficient (Wildman–Crippen LogP) is 7.94. The molecule has 0 saturated carbocycles. The number of amides is 3. The highest BCUT2D eigenvalue weighted by atomic mass is 16.3. The number of carbonyl (C=O) groups excluding carboxylic acids is 2. The summed E-state index contributed by atoms with van der Waals surface area (Å²) >= 11 is 0. The maximum Gasteiger partial charge on any atom is 0.345 e. The van der Waals surface area contributed by atoms with Gasteiger partial charge < -0.3 is 16.2 Å². The molecule has 0 radical (unpaired) electrons. The van der Waals surface area contributed by atoms with Gasteiger partial charge in [0.1, 0.15) is 5.75 Å². The van der Waals surface area contributed by atoms with Crippen LogP contribution in [0.2, 0.25) is 0 Å². The second kappa shape index (κ2) is 17.3. The van der Waals surface area contributed by atoms with Crippen molar-refractivity contribution in [2.75, 3.05) is 24.5 Å². The first-order valence-electron chi connectivity index (χ1n) is 17.7. The fourth-order valence-electron chi connectivity index (χ4n) is 6.30. The van der Waals surface area contributed by atoms with E-state index in [1.807, 2.05) is 66.7 Å². The zero-order chi connectivity index (χ0) is 35.4. The number of nitrogens with zero attached hydrogens (tertiary/aromatic N) is 3. The van der Waals surface area contributed by atoms with Gasteiger partial charge in [0, 0.05) is 24.2 Å². The number of benzene rings is 5. The van der Waals surface area contributed by atoms with Crippen LogP contribution in [0.4, 0.5) is 10.5 Å². The highest BCUT2D eigenvalue weighted by Gasteiger charge is 2.30. The first-order valence-corrected chi connectivity index (χ1v) is 17.7. The van der Waals surface area contributed by atoms with Crippen LogP contribution >= 0.6 is 0 Å². The monoisotopic (exact) mass is 679 g/mol. The molecule has 5 aromatic rings. The van der Waals surface area contributed by atoms with Crippen LogP contribution in [0.5, 0.6) is 5.75 Å².